The highest BCUT2D eigenvalue weighted by molar-refractivity contribution is 7.92. The number of amides is 2. The van der Waals surface area contributed by atoms with E-state index in [1.165, 1.54) is 48.2 Å². The van der Waals surface area contributed by atoms with Crippen molar-refractivity contribution in [1.82, 2.24) is 10.2 Å². The van der Waals surface area contributed by atoms with Crippen LogP contribution in [0.5, 0.6) is 0 Å². The van der Waals surface area contributed by atoms with Crippen LogP contribution in [0.25, 0.3) is 0 Å². The molecule has 2 amide bonds. The van der Waals surface area contributed by atoms with Crippen molar-refractivity contribution in [3.63, 3.8) is 0 Å². The third-order valence-electron chi connectivity index (χ3n) is 6.29. The summed E-state index contributed by atoms with van der Waals surface area (Å²) in [6, 6.07) is 19.9. The van der Waals surface area contributed by atoms with Crippen LogP contribution in [0.1, 0.15) is 49.2 Å². The Bertz CT molecular complexity index is 1500. The molecule has 10 heteroatoms. The van der Waals surface area contributed by atoms with E-state index in [2.05, 4.69) is 5.32 Å². The van der Waals surface area contributed by atoms with Crippen molar-refractivity contribution in [2.24, 2.45) is 0 Å². The summed E-state index contributed by atoms with van der Waals surface area (Å²) in [5.74, 6) is -2.00. The average Bonchev–Trinajstić information content (AvgIpc) is 2.89. The molecule has 3 aromatic rings. The quantitative estimate of drug-likeness (QED) is 0.339. The van der Waals surface area contributed by atoms with Crippen LogP contribution in [0.3, 0.4) is 0 Å². The summed E-state index contributed by atoms with van der Waals surface area (Å²) in [7, 11) is -4.00. The van der Waals surface area contributed by atoms with Gasteiger partial charge in [0.1, 0.15) is 18.4 Å². The van der Waals surface area contributed by atoms with E-state index >= 15 is 0 Å². The summed E-state index contributed by atoms with van der Waals surface area (Å²) in [6.07, 6.45) is 1.07. The lowest BCUT2D eigenvalue weighted by Crippen LogP contribution is -2.56. The number of hydrogen-bond acceptors (Lipinski definition) is 5. The van der Waals surface area contributed by atoms with E-state index in [4.69, 9.17) is 0 Å². The van der Waals surface area contributed by atoms with E-state index in [1.54, 1.807) is 32.9 Å². The van der Waals surface area contributed by atoms with Gasteiger partial charge in [0.2, 0.25) is 21.8 Å². The molecule has 3 aromatic carbocycles. The number of hydrogen-bond donors (Lipinski definition) is 1. The maximum Gasteiger partial charge on any atom is 0.244 e. The maximum absolute atomic E-state index is 14.8. The lowest BCUT2D eigenvalue weighted by atomic mass is 10.0. The first-order chi connectivity index (χ1) is 19.2. The topological polar surface area (TPSA) is 104 Å². The van der Waals surface area contributed by atoms with E-state index in [1.807, 2.05) is 30.3 Å². The summed E-state index contributed by atoms with van der Waals surface area (Å²) in [5.41, 5.74) is 0.704. The number of sulfonamides is 1. The van der Waals surface area contributed by atoms with Crippen molar-refractivity contribution >= 4 is 33.3 Å². The lowest BCUT2D eigenvalue weighted by Gasteiger charge is -2.35. The standard InChI is InChI=1S/C31H36FN3O5S/c1-22(36)24-15-11-16-26(19-24)35(41(5,39)40)21-29(37)34(20-25-14-9-10-17-27(25)32)28(30(38)33-31(2,3)4)18-23-12-7-6-8-13-23/h6-17,19,28H,18,20-21H2,1-5H3,(H,33,38). The molecule has 1 unspecified atom stereocenters. The van der Waals surface area contributed by atoms with Gasteiger partial charge >= 0.3 is 0 Å². The molecular formula is C31H36FN3O5S. The predicted octanol–water partition coefficient (Wildman–Crippen LogP) is 4.35. The minimum absolute atomic E-state index is 0.113. The van der Waals surface area contributed by atoms with Crippen molar-refractivity contribution in [2.45, 2.75) is 52.2 Å². The Morgan fingerprint density at radius 3 is 2.15 bits per heavy atom. The second-order valence-electron chi connectivity index (χ2n) is 10.9. The number of ketones is 1. The Hall–Kier alpha value is -4.05. The fraction of sp³-hybridized carbons (Fsp3) is 0.323. The molecule has 0 bridgehead atoms. The Kier molecular flexibility index (Phi) is 10.0. The zero-order valence-corrected chi connectivity index (χ0v) is 24.7. The second kappa shape index (κ2) is 13.1. The van der Waals surface area contributed by atoms with Gasteiger partial charge in [-0.25, -0.2) is 12.8 Å². The lowest BCUT2D eigenvalue weighted by molar-refractivity contribution is -0.140. The molecule has 0 spiro atoms. The van der Waals surface area contributed by atoms with Crippen molar-refractivity contribution < 1.29 is 27.2 Å². The van der Waals surface area contributed by atoms with E-state index in [0.717, 1.165) is 16.1 Å². The van der Waals surface area contributed by atoms with Gasteiger partial charge < -0.3 is 10.2 Å². The number of nitrogens with one attached hydrogen (secondary N) is 1. The smallest absolute Gasteiger partial charge is 0.244 e. The van der Waals surface area contributed by atoms with Gasteiger partial charge in [0.25, 0.3) is 0 Å². The molecule has 41 heavy (non-hydrogen) atoms. The SMILES string of the molecule is CC(=O)c1cccc(N(CC(=O)N(Cc2ccccc2F)C(Cc2ccccc2)C(=O)NC(C)(C)C)S(C)(=O)=O)c1. The van der Waals surface area contributed by atoms with Gasteiger partial charge in [0, 0.05) is 29.6 Å². The molecule has 0 aliphatic rings. The minimum Gasteiger partial charge on any atom is -0.350 e. The summed E-state index contributed by atoms with van der Waals surface area (Å²) in [4.78, 5) is 40.9. The zero-order valence-electron chi connectivity index (χ0n) is 23.9. The van der Waals surface area contributed by atoms with E-state index in [-0.39, 0.29) is 35.6 Å². The maximum atomic E-state index is 14.8. The van der Waals surface area contributed by atoms with Crippen LogP contribution in [-0.2, 0) is 32.6 Å². The molecule has 3 rings (SSSR count). The van der Waals surface area contributed by atoms with Gasteiger partial charge in [-0.05, 0) is 51.5 Å². The predicted molar refractivity (Wildman–Crippen MR) is 157 cm³/mol. The number of Topliss-reactive ketones (excluding diaryl/α,β-unsaturated/α-hetero) is 1. The number of carbonyl (C=O) groups is 3. The molecule has 218 valence electrons. The average molecular weight is 582 g/mol. The van der Waals surface area contributed by atoms with Gasteiger partial charge in [-0.3, -0.25) is 18.7 Å². The molecule has 0 aliphatic heterocycles. The highest BCUT2D eigenvalue weighted by Crippen LogP contribution is 2.22. The Morgan fingerprint density at radius 1 is 0.927 bits per heavy atom. The molecule has 0 heterocycles. The third kappa shape index (κ3) is 8.97. The van der Waals surface area contributed by atoms with Gasteiger partial charge in [-0.15, -0.1) is 0 Å². The second-order valence-corrected chi connectivity index (χ2v) is 12.8. The van der Waals surface area contributed by atoms with Crippen molar-refractivity contribution in [3.05, 3.63) is 101 Å². The summed E-state index contributed by atoms with van der Waals surface area (Å²) < 4.78 is 41.5. The van der Waals surface area contributed by atoms with Crippen LogP contribution in [0.2, 0.25) is 0 Å². The first-order valence-corrected chi connectivity index (χ1v) is 15.0. The summed E-state index contributed by atoms with van der Waals surface area (Å²) in [6.45, 7) is 5.84. The fourth-order valence-corrected chi connectivity index (χ4v) is 5.15. The fourth-order valence-electron chi connectivity index (χ4n) is 4.31. The highest BCUT2D eigenvalue weighted by atomic mass is 32.2. The molecule has 8 nitrogen and oxygen atoms in total. The van der Waals surface area contributed by atoms with Gasteiger partial charge in [-0.2, -0.15) is 0 Å². The monoisotopic (exact) mass is 581 g/mol. The number of benzene rings is 3. The minimum atomic E-state index is -4.00. The Morgan fingerprint density at radius 2 is 1.56 bits per heavy atom. The van der Waals surface area contributed by atoms with E-state index in [9.17, 15) is 27.2 Å². The van der Waals surface area contributed by atoms with E-state index in [0.29, 0.717) is 0 Å². The molecule has 0 saturated heterocycles. The van der Waals surface area contributed by atoms with Crippen LogP contribution in [0, 0.1) is 5.82 Å². The number of nitrogens with zero attached hydrogens (tertiary/aromatic N) is 2. The molecule has 0 fully saturated rings. The summed E-state index contributed by atoms with van der Waals surface area (Å²) >= 11 is 0. The Labute approximate surface area is 241 Å². The molecule has 0 aliphatic carbocycles. The highest BCUT2D eigenvalue weighted by Gasteiger charge is 2.34. The van der Waals surface area contributed by atoms with Crippen LogP contribution >= 0.6 is 0 Å². The largest absolute Gasteiger partial charge is 0.350 e. The van der Waals surface area contributed by atoms with Gasteiger partial charge in [-0.1, -0.05) is 60.7 Å². The van der Waals surface area contributed by atoms with Crippen LogP contribution < -0.4 is 9.62 Å². The molecule has 1 atom stereocenters. The third-order valence-corrected chi connectivity index (χ3v) is 7.43. The van der Waals surface area contributed by atoms with Crippen LogP contribution in [0.15, 0.2) is 78.9 Å². The van der Waals surface area contributed by atoms with Crippen LogP contribution in [0.4, 0.5) is 10.1 Å². The number of rotatable bonds is 11. The molecule has 0 aromatic heterocycles. The zero-order chi connectivity index (χ0) is 30.4. The van der Waals surface area contributed by atoms with Crippen molar-refractivity contribution in [1.29, 1.82) is 0 Å². The van der Waals surface area contributed by atoms with Gasteiger partial charge in [0.05, 0.1) is 11.9 Å². The normalized spacial score (nSPS) is 12.3. The number of halogens is 1. The van der Waals surface area contributed by atoms with E-state index < -0.39 is 45.8 Å². The molecule has 1 N–H and O–H groups in total. The Balaban J connectivity index is 2.10. The molecule has 0 radical (unpaired) electrons. The van der Waals surface area contributed by atoms with Crippen molar-refractivity contribution in [2.75, 3.05) is 17.1 Å². The number of anilines is 1. The number of carbonyl (C=O) groups excluding carboxylic acids is 3. The molecular weight excluding hydrogens is 545 g/mol. The van der Waals surface area contributed by atoms with Gasteiger partial charge in [0.15, 0.2) is 5.78 Å². The summed E-state index contributed by atoms with van der Waals surface area (Å²) in [5, 5.41) is 2.91. The van der Waals surface area contributed by atoms with Crippen molar-refractivity contribution in [3.8, 4) is 0 Å². The van der Waals surface area contributed by atoms with Crippen LogP contribution in [-0.4, -0.2) is 55.3 Å². The molecule has 0 saturated carbocycles. The first kappa shape index (κ1) is 31.5. The first-order valence-electron chi connectivity index (χ1n) is 13.1.